The maximum Gasteiger partial charge on any atom is 0.217 e. The lowest BCUT2D eigenvalue weighted by atomic mass is 10.2. The van der Waals surface area contributed by atoms with Crippen LogP contribution in [0.4, 0.5) is 0 Å². The molecule has 0 aliphatic heterocycles. The van der Waals surface area contributed by atoms with Gasteiger partial charge in [-0.25, -0.2) is 4.98 Å². The molecule has 1 aromatic heterocycles. The van der Waals surface area contributed by atoms with Crippen molar-refractivity contribution in [1.82, 2.24) is 10.3 Å². The van der Waals surface area contributed by atoms with Crippen LogP contribution in [0, 0.1) is 18.8 Å². The Balaban J connectivity index is 2.64. The van der Waals surface area contributed by atoms with Crippen molar-refractivity contribution < 1.29 is 4.79 Å². The first-order valence-corrected chi connectivity index (χ1v) is 4.83. The second-order valence-electron chi connectivity index (χ2n) is 3.04. The van der Waals surface area contributed by atoms with Crippen molar-refractivity contribution >= 4 is 17.5 Å². The fourth-order valence-corrected chi connectivity index (χ4v) is 1.04. The summed E-state index contributed by atoms with van der Waals surface area (Å²) >= 11 is 5.77. The average Bonchev–Trinajstić information content (AvgIpc) is 2.18. The number of aromatic nitrogens is 1. The molecule has 0 atom stereocenters. The molecule has 3 nitrogen and oxygen atoms in total. The van der Waals surface area contributed by atoms with Gasteiger partial charge in [0, 0.05) is 18.7 Å². The van der Waals surface area contributed by atoms with E-state index in [2.05, 4.69) is 22.1 Å². The summed E-state index contributed by atoms with van der Waals surface area (Å²) in [4.78, 5) is 14.5. The molecule has 1 rings (SSSR count). The van der Waals surface area contributed by atoms with Crippen molar-refractivity contribution in [2.45, 2.75) is 13.8 Å². The van der Waals surface area contributed by atoms with E-state index >= 15 is 0 Å². The number of halogens is 1. The van der Waals surface area contributed by atoms with Gasteiger partial charge in [-0.1, -0.05) is 23.4 Å². The molecule has 1 heterocycles. The predicted octanol–water partition coefficient (Wildman–Crippen LogP) is 1.53. The predicted molar refractivity (Wildman–Crippen MR) is 59.5 cm³/mol. The van der Waals surface area contributed by atoms with Gasteiger partial charge >= 0.3 is 0 Å². The smallest absolute Gasteiger partial charge is 0.217 e. The summed E-state index contributed by atoms with van der Waals surface area (Å²) in [5.41, 5.74) is 1.69. The van der Waals surface area contributed by atoms with Gasteiger partial charge in [0.15, 0.2) is 0 Å². The van der Waals surface area contributed by atoms with Crippen LogP contribution >= 0.6 is 11.6 Å². The minimum Gasteiger partial charge on any atom is -0.345 e. The van der Waals surface area contributed by atoms with Crippen LogP contribution in [0.2, 0.25) is 5.15 Å². The minimum absolute atomic E-state index is 0.0882. The number of pyridine rings is 1. The van der Waals surface area contributed by atoms with Crippen LogP contribution in [-0.4, -0.2) is 17.4 Å². The second kappa shape index (κ2) is 5.38. The van der Waals surface area contributed by atoms with Gasteiger partial charge in [0.05, 0.1) is 6.54 Å². The molecular weight excluding hydrogens is 212 g/mol. The van der Waals surface area contributed by atoms with Crippen LogP contribution in [-0.2, 0) is 4.79 Å². The number of carbonyl (C=O) groups is 1. The zero-order valence-electron chi connectivity index (χ0n) is 8.60. The van der Waals surface area contributed by atoms with Crippen molar-refractivity contribution in [1.29, 1.82) is 0 Å². The molecule has 0 aliphatic carbocycles. The van der Waals surface area contributed by atoms with Crippen LogP contribution in [0.1, 0.15) is 18.1 Å². The van der Waals surface area contributed by atoms with Crippen molar-refractivity contribution in [3.63, 3.8) is 0 Å². The molecule has 0 saturated carbocycles. The molecule has 0 radical (unpaired) electrons. The van der Waals surface area contributed by atoms with Gasteiger partial charge in [-0.05, 0) is 18.6 Å². The van der Waals surface area contributed by atoms with Crippen LogP contribution in [0.3, 0.4) is 0 Å². The Labute approximate surface area is 93.9 Å². The summed E-state index contributed by atoms with van der Waals surface area (Å²) in [6.45, 7) is 3.67. The van der Waals surface area contributed by atoms with E-state index < -0.39 is 0 Å². The summed E-state index contributed by atoms with van der Waals surface area (Å²) < 4.78 is 0. The monoisotopic (exact) mass is 222 g/mol. The van der Waals surface area contributed by atoms with Crippen molar-refractivity contribution in [3.05, 3.63) is 28.5 Å². The van der Waals surface area contributed by atoms with Crippen molar-refractivity contribution in [2.75, 3.05) is 6.54 Å². The fourth-order valence-electron chi connectivity index (χ4n) is 0.941. The molecule has 0 saturated heterocycles. The van der Waals surface area contributed by atoms with E-state index in [-0.39, 0.29) is 5.91 Å². The topological polar surface area (TPSA) is 42.0 Å². The first-order chi connectivity index (χ1) is 7.09. The van der Waals surface area contributed by atoms with Crippen LogP contribution in [0.5, 0.6) is 0 Å². The van der Waals surface area contributed by atoms with Gasteiger partial charge < -0.3 is 5.32 Å². The van der Waals surface area contributed by atoms with Crippen LogP contribution in [0.25, 0.3) is 0 Å². The zero-order chi connectivity index (χ0) is 11.3. The third-order valence-corrected chi connectivity index (χ3v) is 2.07. The number of nitrogens with one attached hydrogen (secondary N) is 1. The van der Waals surface area contributed by atoms with E-state index in [0.717, 1.165) is 11.1 Å². The highest BCUT2D eigenvalue weighted by atomic mass is 35.5. The lowest BCUT2D eigenvalue weighted by Gasteiger charge is -1.96. The number of aryl methyl sites for hydroxylation is 1. The Morgan fingerprint density at radius 2 is 2.40 bits per heavy atom. The molecule has 4 heteroatoms. The molecule has 78 valence electrons. The number of hydrogen-bond donors (Lipinski definition) is 1. The highest BCUT2D eigenvalue weighted by molar-refractivity contribution is 6.30. The van der Waals surface area contributed by atoms with E-state index in [1.54, 1.807) is 6.20 Å². The van der Waals surface area contributed by atoms with Gasteiger partial charge in [0.2, 0.25) is 5.91 Å². The minimum atomic E-state index is -0.0882. The third-order valence-electron chi connectivity index (χ3n) is 1.67. The van der Waals surface area contributed by atoms with E-state index in [4.69, 9.17) is 11.6 Å². The lowest BCUT2D eigenvalue weighted by molar-refractivity contribution is -0.118. The number of amides is 1. The summed E-state index contributed by atoms with van der Waals surface area (Å²) in [7, 11) is 0. The Kier molecular flexibility index (Phi) is 4.14. The molecule has 1 amide bonds. The molecule has 15 heavy (non-hydrogen) atoms. The summed E-state index contributed by atoms with van der Waals surface area (Å²) in [5.74, 6) is 5.61. The summed E-state index contributed by atoms with van der Waals surface area (Å²) in [5, 5.41) is 3.07. The quantitative estimate of drug-likeness (QED) is 0.579. The summed E-state index contributed by atoms with van der Waals surface area (Å²) in [6.07, 6.45) is 1.61. The van der Waals surface area contributed by atoms with Crippen LogP contribution in [0.15, 0.2) is 12.3 Å². The Morgan fingerprint density at radius 1 is 1.67 bits per heavy atom. The molecule has 1 aromatic rings. The number of hydrogen-bond acceptors (Lipinski definition) is 2. The number of rotatable bonds is 1. The van der Waals surface area contributed by atoms with E-state index in [1.807, 2.05) is 13.0 Å². The molecule has 0 bridgehead atoms. The van der Waals surface area contributed by atoms with Gasteiger partial charge in [-0.3, -0.25) is 4.79 Å². The maximum atomic E-state index is 10.5. The standard InChI is InChI=1S/C11H11ClN2O/c1-8-6-10(7-14-11(8)12)4-3-5-13-9(2)15/h6-7H,5H2,1-2H3,(H,13,15). The highest BCUT2D eigenvalue weighted by Crippen LogP contribution is 2.11. The third kappa shape index (κ3) is 4.01. The van der Waals surface area contributed by atoms with Gasteiger partial charge in [0.1, 0.15) is 5.15 Å². The van der Waals surface area contributed by atoms with Gasteiger partial charge in [-0.2, -0.15) is 0 Å². The largest absolute Gasteiger partial charge is 0.345 e. The summed E-state index contributed by atoms with van der Waals surface area (Å²) in [6, 6.07) is 1.86. The Hall–Kier alpha value is -1.53. The second-order valence-corrected chi connectivity index (χ2v) is 3.40. The van der Waals surface area contributed by atoms with Crippen molar-refractivity contribution in [3.8, 4) is 11.8 Å². The Morgan fingerprint density at radius 3 is 3.00 bits per heavy atom. The van der Waals surface area contributed by atoms with Crippen molar-refractivity contribution in [2.24, 2.45) is 0 Å². The molecule has 1 N–H and O–H groups in total. The van der Waals surface area contributed by atoms with Gasteiger partial charge in [-0.15, -0.1) is 0 Å². The first-order valence-electron chi connectivity index (χ1n) is 4.45. The average molecular weight is 223 g/mol. The normalized spacial score (nSPS) is 9.00. The molecule has 0 aromatic carbocycles. The number of carbonyl (C=O) groups excluding carboxylic acids is 1. The highest BCUT2D eigenvalue weighted by Gasteiger charge is 1.95. The Bertz CT molecular complexity index is 432. The van der Waals surface area contributed by atoms with E-state index in [9.17, 15) is 4.79 Å². The lowest BCUT2D eigenvalue weighted by Crippen LogP contribution is -2.19. The number of nitrogens with zero attached hydrogens (tertiary/aromatic N) is 1. The van der Waals surface area contributed by atoms with Gasteiger partial charge in [0.25, 0.3) is 0 Å². The van der Waals surface area contributed by atoms with Crippen LogP contribution < -0.4 is 5.32 Å². The fraction of sp³-hybridized carbons (Fsp3) is 0.273. The van der Waals surface area contributed by atoms with E-state index in [1.165, 1.54) is 6.92 Å². The maximum absolute atomic E-state index is 10.5. The van der Waals surface area contributed by atoms with E-state index in [0.29, 0.717) is 11.7 Å². The molecule has 0 spiro atoms. The molecule has 0 fully saturated rings. The zero-order valence-corrected chi connectivity index (χ0v) is 9.35. The molecule has 0 unspecified atom stereocenters. The SMILES string of the molecule is CC(=O)NCC#Cc1cnc(Cl)c(C)c1. The first kappa shape index (κ1) is 11.5. The molecular formula is C11H11ClN2O. The molecule has 0 aliphatic rings.